The Bertz CT molecular complexity index is 868. The van der Waals surface area contributed by atoms with Gasteiger partial charge < -0.3 is 24.8 Å². The number of halogens is 1. The van der Waals surface area contributed by atoms with Gasteiger partial charge in [0.15, 0.2) is 0 Å². The molecule has 1 fully saturated rings. The molecular formula is C22H25FO5. The van der Waals surface area contributed by atoms with Gasteiger partial charge in [0.05, 0.1) is 13.2 Å². The summed E-state index contributed by atoms with van der Waals surface area (Å²) in [5.74, 6) is 0.433. The van der Waals surface area contributed by atoms with Gasteiger partial charge in [-0.05, 0) is 66.3 Å². The van der Waals surface area contributed by atoms with Crippen molar-refractivity contribution in [3.63, 3.8) is 0 Å². The average Bonchev–Trinajstić information content (AvgIpc) is 3.04. The van der Waals surface area contributed by atoms with Crippen LogP contribution in [0.3, 0.4) is 0 Å². The molecule has 3 N–H and O–H groups in total. The monoisotopic (exact) mass is 388 g/mol. The third kappa shape index (κ3) is 3.01. The highest BCUT2D eigenvalue weighted by Crippen LogP contribution is 2.48. The van der Waals surface area contributed by atoms with E-state index in [1.807, 2.05) is 24.3 Å². The first kappa shape index (κ1) is 19.3. The lowest BCUT2D eigenvalue weighted by Gasteiger charge is -2.47. The summed E-state index contributed by atoms with van der Waals surface area (Å²) in [7, 11) is 1.59. The lowest BCUT2D eigenvalue weighted by molar-refractivity contribution is -0.268. The maximum Gasteiger partial charge on any atom is 0.127 e. The Morgan fingerprint density at radius 3 is 2.54 bits per heavy atom. The molecule has 0 radical (unpaired) electrons. The number of hydrogen-bond acceptors (Lipinski definition) is 5. The van der Waals surface area contributed by atoms with Crippen molar-refractivity contribution in [3.05, 3.63) is 64.5 Å². The first-order chi connectivity index (χ1) is 13.4. The highest BCUT2D eigenvalue weighted by atomic mass is 19.1. The van der Waals surface area contributed by atoms with Crippen molar-refractivity contribution >= 4 is 0 Å². The minimum atomic E-state index is -1.32. The predicted molar refractivity (Wildman–Crippen MR) is 101 cm³/mol. The first-order valence-corrected chi connectivity index (χ1v) is 9.52. The standard InChI is InChI=1S/C22H25FO5/c1-12-19(24)20(25)21(26)22(28-12)8-7-14-11-18(23)15(10-17(14)22)9-13-3-5-16(27-2)6-4-13/h3-6,10-12,19-21,24-26H,7-9H2,1-2H3/t12-,19-,20+,21-,22+/m1/s1. The van der Waals surface area contributed by atoms with Crippen LogP contribution >= 0.6 is 0 Å². The molecule has 2 aliphatic rings. The van der Waals surface area contributed by atoms with Crippen LogP contribution in [0.25, 0.3) is 0 Å². The zero-order valence-electron chi connectivity index (χ0n) is 15.9. The molecule has 0 saturated carbocycles. The van der Waals surface area contributed by atoms with Crippen LogP contribution in [-0.4, -0.2) is 46.8 Å². The third-order valence-corrected chi connectivity index (χ3v) is 6.08. The molecule has 1 spiro atoms. The fourth-order valence-electron chi connectivity index (χ4n) is 4.45. The van der Waals surface area contributed by atoms with Gasteiger partial charge in [0, 0.05) is 6.42 Å². The molecule has 1 aliphatic heterocycles. The molecule has 0 bridgehead atoms. The number of benzene rings is 2. The normalized spacial score (nSPS) is 31.8. The summed E-state index contributed by atoms with van der Waals surface area (Å²) < 4.78 is 25.9. The Morgan fingerprint density at radius 2 is 1.86 bits per heavy atom. The molecule has 0 unspecified atom stereocenters. The number of hydrogen-bond donors (Lipinski definition) is 3. The number of fused-ring (bicyclic) bond motifs is 2. The maximum absolute atomic E-state index is 14.7. The minimum Gasteiger partial charge on any atom is -0.497 e. The predicted octanol–water partition coefficient (Wildman–Crippen LogP) is 2.07. The van der Waals surface area contributed by atoms with Gasteiger partial charge in [-0.2, -0.15) is 0 Å². The fraction of sp³-hybridized carbons (Fsp3) is 0.455. The molecule has 2 aromatic carbocycles. The summed E-state index contributed by atoms with van der Waals surface area (Å²) in [4.78, 5) is 0. The highest BCUT2D eigenvalue weighted by molar-refractivity contribution is 5.44. The van der Waals surface area contributed by atoms with E-state index in [1.54, 1.807) is 20.1 Å². The summed E-state index contributed by atoms with van der Waals surface area (Å²) in [6.45, 7) is 1.67. The molecule has 4 rings (SSSR count). The van der Waals surface area contributed by atoms with Gasteiger partial charge in [-0.3, -0.25) is 0 Å². The first-order valence-electron chi connectivity index (χ1n) is 9.52. The minimum absolute atomic E-state index is 0.300. The van der Waals surface area contributed by atoms with Crippen LogP contribution in [0, 0.1) is 5.82 Å². The van der Waals surface area contributed by atoms with Crippen LogP contribution in [0.2, 0.25) is 0 Å². The third-order valence-electron chi connectivity index (χ3n) is 6.08. The summed E-state index contributed by atoms with van der Waals surface area (Å²) in [6, 6.07) is 10.7. The summed E-state index contributed by atoms with van der Waals surface area (Å²) >= 11 is 0. The number of methoxy groups -OCH3 is 1. The second-order valence-corrected chi connectivity index (χ2v) is 7.76. The van der Waals surface area contributed by atoms with E-state index in [-0.39, 0.29) is 5.82 Å². The van der Waals surface area contributed by atoms with Crippen LogP contribution in [0.1, 0.15) is 35.6 Å². The van der Waals surface area contributed by atoms with Crippen LogP contribution in [0.5, 0.6) is 5.75 Å². The van der Waals surface area contributed by atoms with E-state index < -0.39 is 30.0 Å². The largest absolute Gasteiger partial charge is 0.497 e. The molecule has 1 heterocycles. The van der Waals surface area contributed by atoms with Crippen molar-refractivity contribution in [1.29, 1.82) is 0 Å². The Kier molecular flexibility index (Phi) is 4.91. The number of ether oxygens (including phenoxy) is 2. The Morgan fingerprint density at radius 1 is 1.14 bits per heavy atom. The molecule has 6 heteroatoms. The van der Waals surface area contributed by atoms with Crippen molar-refractivity contribution in [2.24, 2.45) is 0 Å². The Balaban J connectivity index is 1.70. The van der Waals surface area contributed by atoms with E-state index in [4.69, 9.17) is 9.47 Å². The fourth-order valence-corrected chi connectivity index (χ4v) is 4.45. The second-order valence-electron chi connectivity index (χ2n) is 7.76. The Labute approximate surface area is 163 Å². The molecule has 5 nitrogen and oxygen atoms in total. The average molecular weight is 388 g/mol. The smallest absolute Gasteiger partial charge is 0.127 e. The van der Waals surface area contributed by atoms with Gasteiger partial charge in [0.2, 0.25) is 0 Å². The van der Waals surface area contributed by atoms with Crippen molar-refractivity contribution in [3.8, 4) is 5.75 Å². The van der Waals surface area contributed by atoms with E-state index in [0.29, 0.717) is 30.4 Å². The van der Waals surface area contributed by atoms with E-state index in [2.05, 4.69) is 0 Å². The summed E-state index contributed by atoms with van der Waals surface area (Å²) in [5.41, 5.74) is 1.76. The van der Waals surface area contributed by atoms with E-state index in [0.717, 1.165) is 16.9 Å². The van der Waals surface area contributed by atoms with Gasteiger partial charge in [-0.25, -0.2) is 4.39 Å². The lowest BCUT2D eigenvalue weighted by Crippen LogP contribution is -2.61. The molecule has 28 heavy (non-hydrogen) atoms. The maximum atomic E-state index is 14.7. The molecular weight excluding hydrogens is 363 g/mol. The van der Waals surface area contributed by atoms with Crippen molar-refractivity contribution < 1.29 is 29.2 Å². The lowest BCUT2D eigenvalue weighted by atomic mass is 9.80. The van der Waals surface area contributed by atoms with Crippen molar-refractivity contribution in [1.82, 2.24) is 0 Å². The molecule has 2 aromatic rings. The van der Waals surface area contributed by atoms with Crippen LogP contribution in [-0.2, 0) is 23.2 Å². The quantitative estimate of drug-likeness (QED) is 0.750. The van der Waals surface area contributed by atoms with Crippen LogP contribution in [0.4, 0.5) is 4.39 Å². The zero-order chi connectivity index (χ0) is 20.1. The van der Waals surface area contributed by atoms with E-state index >= 15 is 0 Å². The van der Waals surface area contributed by atoms with Gasteiger partial charge in [-0.1, -0.05) is 12.1 Å². The molecule has 0 aromatic heterocycles. The Hall–Kier alpha value is -1.99. The van der Waals surface area contributed by atoms with Gasteiger partial charge in [0.25, 0.3) is 0 Å². The van der Waals surface area contributed by atoms with Crippen LogP contribution < -0.4 is 4.74 Å². The highest BCUT2D eigenvalue weighted by Gasteiger charge is 2.55. The molecule has 1 saturated heterocycles. The number of aliphatic hydroxyl groups excluding tert-OH is 3. The molecule has 0 amide bonds. The summed E-state index contributed by atoms with van der Waals surface area (Å²) in [5, 5.41) is 31.1. The summed E-state index contributed by atoms with van der Waals surface area (Å²) in [6.07, 6.45) is -3.03. The van der Waals surface area contributed by atoms with E-state index in [9.17, 15) is 19.7 Å². The molecule has 150 valence electrons. The SMILES string of the molecule is COc1ccc(Cc2cc3c(cc2F)CC[C@]32O[C@H](C)[C@@H](O)[C@H](O)[C@H]2O)cc1. The van der Waals surface area contributed by atoms with Gasteiger partial charge >= 0.3 is 0 Å². The second kappa shape index (κ2) is 7.12. The van der Waals surface area contributed by atoms with Crippen molar-refractivity contribution in [2.45, 2.75) is 56.2 Å². The molecule has 1 aliphatic carbocycles. The zero-order valence-corrected chi connectivity index (χ0v) is 15.9. The topological polar surface area (TPSA) is 79.2 Å². The number of aryl methyl sites for hydroxylation is 1. The van der Waals surface area contributed by atoms with Crippen molar-refractivity contribution in [2.75, 3.05) is 7.11 Å². The van der Waals surface area contributed by atoms with Gasteiger partial charge in [-0.15, -0.1) is 0 Å². The van der Waals surface area contributed by atoms with E-state index in [1.165, 1.54) is 6.07 Å². The van der Waals surface area contributed by atoms with Gasteiger partial charge in [0.1, 0.15) is 35.5 Å². The number of rotatable bonds is 3. The number of aliphatic hydroxyl groups is 3. The van der Waals surface area contributed by atoms with Crippen LogP contribution in [0.15, 0.2) is 36.4 Å². The molecule has 5 atom stereocenters.